The number of hydrogen-bond acceptors (Lipinski definition) is 3. The van der Waals surface area contributed by atoms with E-state index in [9.17, 15) is 9.59 Å². The number of hydrogen-bond donors (Lipinski definition) is 1. The summed E-state index contributed by atoms with van der Waals surface area (Å²) >= 11 is 5.78. The normalized spacial score (nSPS) is 11.9. The number of esters is 1. The molecular formula is C14H17ClO4. The molecule has 0 unspecified atom stereocenters. The third-order valence-corrected chi connectivity index (χ3v) is 2.99. The molecule has 1 N–H and O–H groups in total. The van der Waals surface area contributed by atoms with Crippen LogP contribution >= 0.6 is 11.6 Å². The Morgan fingerprint density at radius 2 is 1.95 bits per heavy atom. The molecule has 0 heterocycles. The van der Waals surface area contributed by atoms with Gasteiger partial charge in [0.2, 0.25) is 0 Å². The zero-order valence-corrected chi connectivity index (χ0v) is 11.5. The van der Waals surface area contributed by atoms with Crippen LogP contribution in [-0.4, -0.2) is 23.7 Å². The smallest absolute Gasteiger partial charge is 0.320 e. The van der Waals surface area contributed by atoms with Crippen molar-refractivity contribution in [3.05, 3.63) is 34.9 Å². The minimum atomic E-state index is -1.13. The van der Waals surface area contributed by atoms with Crippen LogP contribution in [-0.2, 0) is 20.7 Å². The highest BCUT2D eigenvalue weighted by molar-refractivity contribution is 6.30. The van der Waals surface area contributed by atoms with E-state index in [4.69, 9.17) is 21.4 Å². The second kappa shape index (κ2) is 7.79. The molecule has 0 aliphatic carbocycles. The molecule has 104 valence electrons. The number of rotatable bonds is 7. The molecule has 0 aliphatic heterocycles. The summed E-state index contributed by atoms with van der Waals surface area (Å²) in [7, 11) is 0. The van der Waals surface area contributed by atoms with Crippen LogP contribution in [0.5, 0.6) is 0 Å². The van der Waals surface area contributed by atoms with Gasteiger partial charge in [0.05, 0.1) is 6.61 Å². The van der Waals surface area contributed by atoms with Crippen LogP contribution in [0, 0.1) is 5.92 Å². The second-order valence-corrected chi connectivity index (χ2v) is 4.60. The molecule has 5 heteroatoms. The van der Waals surface area contributed by atoms with Crippen molar-refractivity contribution >= 4 is 23.5 Å². The van der Waals surface area contributed by atoms with Gasteiger partial charge in [-0.15, -0.1) is 0 Å². The lowest BCUT2D eigenvalue weighted by atomic mass is 10.00. The largest absolute Gasteiger partial charge is 0.481 e. The predicted octanol–water partition coefficient (Wildman–Crippen LogP) is 2.93. The number of aliphatic carboxylic acids is 1. The molecule has 1 atom stereocenters. The monoisotopic (exact) mass is 284 g/mol. The van der Waals surface area contributed by atoms with Crippen molar-refractivity contribution < 1.29 is 19.4 Å². The van der Waals surface area contributed by atoms with Gasteiger partial charge < -0.3 is 9.84 Å². The number of aryl methyl sites for hydroxylation is 1. The van der Waals surface area contributed by atoms with E-state index in [0.29, 0.717) is 17.9 Å². The van der Waals surface area contributed by atoms with Gasteiger partial charge in [0.25, 0.3) is 0 Å². The minimum Gasteiger partial charge on any atom is -0.481 e. The van der Waals surface area contributed by atoms with Crippen molar-refractivity contribution in [1.29, 1.82) is 0 Å². The summed E-state index contributed by atoms with van der Waals surface area (Å²) in [5, 5.41) is 9.65. The molecule has 0 bridgehead atoms. The van der Waals surface area contributed by atoms with Crippen LogP contribution in [0.25, 0.3) is 0 Å². The summed E-state index contributed by atoms with van der Waals surface area (Å²) in [6.07, 6.45) is 1.59. The van der Waals surface area contributed by atoms with E-state index < -0.39 is 17.9 Å². The molecule has 19 heavy (non-hydrogen) atoms. The Labute approximate surface area is 117 Å². The van der Waals surface area contributed by atoms with E-state index in [1.54, 1.807) is 19.1 Å². The zero-order chi connectivity index (χ0) is 14.3. The van der Waals surface area contributed by atoms with Crippen LogP contribution in [0.15, 0.2) is 24.3 Å². The van der Waals surface area contributed by atoms with E-state index in [1.807, 2.05) is 12.1 Å². The number of carbonyl (C=O) groups is 2. The standard InChI is InChI=1S/C14H17ClO4/c1-2-19-14(18)12(13(16)17)5-3-4-10-6-8-11(15)9-7-10/h6-9,12H,2-5H2,1H3,(H,16,17)/t12-/m0/s1. The highest BCUT2D eigenvalue weighted by atomic mass is 35.5. The second-order valence-electron chi connectivity index (χ2n) is 4.16. The fourth-order valence-electron chi connectivity index (χ4n) is 1.75. The van der Waals surface area contributed by atoms with Gasteiger partial charge in [0.15, 0.2) is 5.92 Å². The summed E-state index contributed by atoms with van der Waals surface area (Å²) in [4.78, 5) is 22.4. The number of carboxylic acid groups (broad SMARTS) is 1. The van der Waals surface area contributed by atoms with E-state index in [0.717, 1.165) is 5.56 Å². The molecule has 0 aromatic heterocycles. The molecule has 0 aliphatic rings. The van der Waals surface area contributed by atoms with Crippen LogP contribution in [0.3, 0.4) is 0 Å². The van der Waals surface area contributed by atoms with Gasteiger partial charge >= 0.3 is 11.9 Å². The van der Waals surface area contributed by atoms with Gasteiger partial charge in [-0.3, -0.25) is 9.59 Å². The molecule has 0 fully saturated rings. The third kappa shape index (κ3) is 5.30. The van der Waals surface area contributed by atoms with Gasteiger partial charge in [0.1, 0.15) is 0 Å². The lowest BCUT2D eigenvalue weighted by Crippen LogP contribution is -2.26. The average molecular weight is 285 g/mol. The molecule has 1 rings (SSSR count). The summed E-state index contributed by atoms with van der Waals surface area (Å²) in [5.41, 5.74) is 1.07. The van der Waals surface area contributed by atoms with E-state index >= 15 is 0 Å². The van der Waals surface area contributed by atoms with Gasteiger partial charge in [-0.25, -0.2) is 0 Å². The highest BCUT2D eigenvalue weighted by Gasteiger charge is 2.26. The Morgan fingerprint density at radius 3 is 2.47 bits per heavy atom. The maximum absolute atomic E-state index is 11.5. The molecule has 1 aromatic carbocycles. The quantitative estimate of drug-likeness (QED) is 0.618. The van der Waals surface area contributed by atoms with Crippen LogP contribution < -0.4 is 0 Å². The van der Waals surface area contributed by atoms with E-state index in [2.05, 4.69) is 0 Å². The molecule has 0 saturated carbocycles. The first kappa shape index (κ1) is 15.5. The fourth-order valence-corrected chi connectivity index (χ4v) is 1.87. The molecule has 0 spiro atoms. The number of halogens is 1. The minimum absolute atomic E-state index is 0.194. The Hall–Kier alpha value is -1.55. The molecule has 0 radical (unpaired) electrons. The lowest BCUT2D eigenvalue weighted by Gasteiger charge is -2.11. The van der Waals surface area contributed by atoms with Crippen LogP contribution in [0.2, 0.25) is 5.02 Å². The van der Waals surface area contributed by atoms with Crippen LogP contribution in [0.1, 0.15) is 25.3 Å². The number of ether oxygens (including phenoxy) is 1. The van der Waals surface area contributed by atoms with E-state index in [1.165, 1.54) is 0 Å². The first-order valence-corrected chi connectivity index (χ1v) is 6.56. The van der Waals surface area contributed by atoms with Gasteiger partial charge in [0, 0.05) is 5.02 Å². The topological polar surface area (TPSA) is 63.6 Å². The Morgan fingerprint density at radius 1 is 1.32 bits per heavy atom. The van der Waals surface area contributed by atoms with E-state index in [-0.39, 0.29) is 13.0 Å². The maximum atomic E-state index is 11.5. The number of benzene rings is 1. The van der Waals surface area contributed by atoms with Crippen molar-refractivity contribution in [3.8, 4) is 0 Å². The maximum Gasteiger partial charge on any atom is 0.320 e. The van der Waals surface area contributed by atoms with Crippen molar-refractivity contribution in [1.82, 2.24) is 0 Å². The van der Waals surface area contributed by atoms with Gasteiger partial charge in [-0.2, -0.15) is 0 Å². The summed E-state index contributed by atoms with van der Waals surface area (Å²) in [5.74, 6) is -2.87. The van der Waals surface area contributed by atoms with Gasteiger partial charge in [-0.05, 0) is 43.9 Å². The Bertz CT molecular complexity index is 428. The SMILES string of the molecule is CCOC(=O)[C@@H](CCCc1ccc(Cl)cc1)C(=O)O. The summed E-state index contributed by atoms with van der Waals surface area (Å²) in [6, 6.07) is 7.36. The molecule has 4 nitrogen and oxygen atoms in total. The zero-order valence-electron chi connectivity index (χ0n) is 10.8. The molecule has 0 amide bonds. The van der Waals surface area contributed by atoms with Gasteiger partial charge in [-0.1, -0.05) is 23.7 Å². The average Bonchev–Trinajstić information content (AvgIpc) is 2.36. The first-order valence-electron chi connectivity index (χ1n) is 6.18. The number of carbonyl (C=O) groups excluding carboxylic acids is 1. The molecule has 1 aromatic rings. The Balaban J connectivity index is 2.46. The lowest BCUT2D eigenvalue weighted by molar-refractivity contribution is -0.158. The van der Waals surface area contributed by atoms with Crippen molar-refractivity contribution in [3.63, 3.8) is 0 Å². The van der Waals surface area contributed by atoms with Crippen molar-refractivity contribution in [2.45, 2.75) is 26.2 Å². The van der Waals surface area contributed by atoms with Crippen LogP contribution in [0.4, 0.5) is 0 Å². The number of carboxylic acids is 1. The molecular weight excluding hydrogens is 268 g/mol. The summed E-state index contributed by atoms with van der Waals surface area (Å²) in [6.45, 7) is 1.85. The predicted molar refractivity (Wildman–Crippen MR) is 72.1 cm³/mol. The Kier molecular flexibility index (Phi) is 6.36. The molecule has 0 saturated heterocycles. The summed E-state index contributed by atoms with van der Waals surface area (Å²) < 4.78 is 4.75. The third-order valence-electron chi connectivity index (χ3n) is 2.74. The van der Waals surface area contributed by atoms with Crippen molar-refractivity contribution in [2.24, 2.45) is 5.92 Å². The highest BCUT2D eigenvalue weighted by Crippen LogP contribution is 2.15. The van der Waals surface area contributed by atoms with Crippen molar-refractivity contribution in [2.75, 3.05) is 6.61 Å². The first-order chi connectivity index (χ1) is 9.04. The fraction of sp³-hybridized carbons (Fsp3) is 0.429.